The van der Waals surface area contributed by atoms with Crippen LogP contribution in [0.15, 0.2) is 23.8 Å². The predicted octanol–water partition coefficient (Wildman–Crippen LogP) is 0.608. The Labute approximate surface area is 112 Å². The Morgan fingerprint density at radius 1 is 1.00 bits per heavy atom. The van der Waals surface area contributed by atoms with Gasteiger partial charge < -0.3 is 11.5 Å². The van der Waals surface area contributed by atoms with Crippen molar-refractivity contribution in [3.63, 3.8) is 0 Å². The molecule has 1 aliphatic heterocycles. The highest BCUT2D eigenvalue weighted by Crippen LogP contribution is 2.18. The molecule has 0 aromatic carbocycles. The first-order valence-electron chi connectivity index (χ1n) is 5.18. The molecule has 0 aromatic rings. The molecule has 0 saturated carbocycles. The van der Waals surface area contributed by atoms with E-state index in [4.69, 9.17) is 0 Å². The van der Waals surface area contributed by atoms with Crippen molar-refractivity contribution in [2.45, 2.75) is 27.7 Å². The lowest BCUT2D eigenvalue weighted by molar-refractivity contribution is -0.127. The highest BCUT2D eigenvalue weighted by atomic mass is 32.1. The van der Waals surface area contributed by atoms with Crippen molar-refractivity contribution in [2.75, 3.05) is 0 Å². The molecule has 0 saturated heterocycles. The number of amides is 2. The fraction of sp³-hybridized carbons (Fsp3) is 0.364. The van der Waals surface area contributed by atoms with Gasteiger partial charge in [-0.3, -0.25) is 19.4 Å². The van der Waals surface area contributed by atoms with E-state index in [0.29, 0.717) is 0 Å². The first-order valence-corrected chi connectivity index (χ1v) is 5.59. The third kappa shape index (κ3) is 4.96. The Morgan fingerprint density at radius 2 is 1.22 bits per heavy atom. The van der Waals surface area contributed by atoms with Crippen LogP contribution in [0.3, 0.4) is 0 Å². The second-order valence-electron chi connectivity index (χ2n) is 3.72. The molecule has 0 bridgehead atoms. The first-order chi connectivity index (χ1) is 8.16. The fourth-order valence-electron chi connectivity index (χ4n) is 1.38. The maximum atomic E-state index is 11.2. The smallest absolute Gasteiger partial charge is 0.227 e. The van der Waals surface area contributed by atoms with Crippen LogP contribution in [0.25, 0.3) is 0 Å². The molecule has 2 amide bonds. The van der Waals surface area contributed by atoms with Gasteiger partial charge in [-0.05, 0) is 26.1 Å². The number of thiocarbonyl (C=S) groups is 1. The monoisotopic (exact) mass is 270 g/mol. The minimum absolute atomic E-state index is 0.000000000000000222. The van der Waals surface area contributed by atoms with Crippen molar-refractivity contribution in [3.8, 4) is 0 Å². The molecule has 7 heteroatoms. The van der Waals surface area contributed by atoms with Gasteiger partial charge in [-0.1, -0.05) is 0 Å². The zero-order valence-electron chi connectivity index (χ0n) is 10.9. The van der Waals surface area contributed by atoms with Gasteiger partial charge >= 0.3 is 0 Å². The number of carbonyl (C=O) groups excluding carboxylic acids is 2. The molecule has 0 aliphatic carbocycles. The average Bonchev–Trinajstić information content (AvgIpc) is 2.19. The summed E-state index contributed by atoms with van der Waals surface area (Å²) in [7, 11) is 0. The standard InChI is InChI=1S/C10H14N2O2.CH4N2S/c1-7-5-12(10(4)14)8(2)6-11(7)9(3)13;2-1(3)4/h5-6H,1-4H3;(H4,2,3,4). The summed E-state index contributed by atoms with van der Waals surface area (Å²) in [5, 5.41) is 0.000000000000000222. The Bertz CT molecular complexity index is 391. The van der Waals surface area contributed by atoms with Gasteiger partial charge in [-0.15, -0.1) is 0 Å². The lowest BCUT2D eigenvalue weighted by Crippen LogP contribution is -2.32. The molecule has 18 heavy (non-hydrogen) atoms. The summed E-state index contributed by atoms with van der Waals surface area (Å²) in [5.74, 6) is -0.109. The van der Waals surface area contributed by atoms with Gasteiger partial charge in [0.25, 0.3) is 0 Å². The molecule has 0 aromatic heterocycles. The maximum Gasteiger partial charge on any atom is 0.227 e. The molecule has 100 valence electrons. The summed E-state index contributed by atoms with van der Waals surface area (Å²) in [5.41, 5.74) is 10.7. The summed E-state index contributed by atoms with van der Waals surface area (Å²) in [6.07, 6.45) is 3.33. The number of nitrogens with two attached hydrogens (primary N) is 2. The van der Waals surface area contributed by atoms with E-state index >= 15 is 0 Å². The number of nitrogens with zero attached hydrogens (tertiary/aromatic N) is 2. The predicted molar refractivity (Wildman–Crippen MR) is 73.5 cm³/mol. The zero-order valence-corrected chi connectivity index (χ0v) is 11.7. The van der Waals surface area contributed by atoms with Crippen LogP contribution >= 0.6 is 12.2 Å². The highest BCUT2D eigenvalue weighted by Gasteiger charge is 2.19. The average molecular weight is 270 g/mol. The highest BCUT2D eigenvalue weighted by molar-refractivity contribution is 7.80. The fourth-order valence-corrected chi connectivity index (χ4v) is 1.38. The Morgan fingerprint density at radius 3 is 1.39 bits per heavy atom. The molecule has 4 N–H and O–H groups in total. The molecule has 0 unspecified atom stereocenters. The zero-order chi connectivity index (χ0) is 14.5. The van der Waals surface area contributed by atoms with E-state index in [1.54, 1.807) is 26.2 Å². The van der Waals surface area contributed by atoms with Gasteiger partial charge in [0, 0.05) is 37.6 Å². The van der Waals surface area contributed by atoms with Crippen LogP contribution in [0.5, 0.6) is 0 Å². The number of hydrogen-bond donors (Lipinski definition) is 2. The molecule has 0 atom stereocenters. The number of rotatable bonds is 0. The third-order valence-corrected chi connectivity index (χ3v) is 2.07. The molecule has 0 spiro atoms. The van der Waals surface area contributed by atoms with Crippen molar-refractivity contribution in [2.24, 2.45) is 11.5 Å². The lowest BCUT2D eigenvalue weighted by Gasteiger charge is -2.29. The number of carbonyl (C=O) groups is 2. The topological polar surface area (TPSA) is 92.7 Å². The van der Waals surface area contributed by atoms with Gasteiger partial charge in [-0.2, -0.15) is 0 Å². The van der Waals surface area contributed by atoms with E-state index in [1.165, 1.54) is 23.6 Å². The number of hydrogen-bond acceptors (Lipinski definition) is 3. The molecular weight excluding hydrogens is 252 g/mol. The van der Waals surface area contributed by atoms with Crippen molar-refractivity contribution >= 4 is 29.1 Å². The minimum Gasteiger partial charge on any atom is -0.377 e. The minimum atomic E-state index is -0.0543. The first kappa shape index (κ1) is 16.1. The van der Waals surface area contributed by atoms with Crippen LogP contribution in [0.2, 0.25) is 0 Å². The molecule has 1 aliphatic rings. The van der Waals surface area contributed by atoms with Gasteiger partial charge in [-0.25, -0.2) is 0 Å². The van der Waals surface area contributed by atoms with Crippen molar-refractivity contribution in [1.29, 1.82) is 0 Å². The molecule has 1 rings (SSSR count). The maximum absolute atomic E-state index is 11.2. The van der Waals surface area contributed by atoms with Gasteiger partial charge in [0.2, 0.25) is 11.8 Å². The summed E-state index contributed by atoms with van der Waals surface area (Å²) < 4.78 is 0. The van der Waals surface area contributed by atoms with Crippen LogP contribution < -0.4 is 11.5 Å². The van der Waals surface area contributed by atoms with E-state index in [1.807, 2.05) is 0 Å². The molecule has 6 nitrogen and oxygen atoms in total. The molecule has 0 radical (unpaired) electrons. The van der Waals surface area contributed by atoms with Crippen LogP contribution in [-0.4, -0.2) is 26.7 Å². The Kier molecular flexibility index (Phi) is 6.04. The third-order valence-electron chi connectivity index (χ3n) is 2.07. The lowest BCUT2D eigenvalue weighted by atomic mass is 10.3. The quantitative estimate of drug-likeness (QED) is 0.629. The Balaban J connectivity index is 0.000000631. The van der Waals surface area contributed by atoms with E-state index < -0.39 is 0 Å². The second-order valence-corrected chi connectivity index (χ2v) is 4.19. The van der Waals surface area contributed by atoms with Crippen molar-refractivity contribution < 1.29 is 9.59 Å². The van der Waals surface area contributed by atoms with E-state index in [2.05, 4.69) is 23.7 Å². The van der Waals surface area contributed by atoms with Crippen LogP contribution in [0.1, 0.15) is 27.7 Å². The van der Waals surface area contributed by atoms with E-state index in [9.17, 15) is 9.59 Å². The molecular formula is C11H18N4O2S. The SMILES string of the molecule is CC(=O)N1C=C(C)N(C(C)=O)C=C1C.NC(N)=S. The van der Waals surface area contributed by atoms with E-state index in [-0.39, 0.29) is 16.9 Å². The van der Waals surface area contributed by atoms with Crippen LogP contribution in [0, 0.1) is 0 Å². The van der Waals surface area contributed by atoms with Crippen molar-refractivity contribution in [1.82, 2.24) is 9.80 Å². The largest absolute Gasteiger partial charge is 0.377 e. The number of allylic oxidation sites excluding steroid dienone is 2. The van der Waals surface area contributed by atoms with Crippen LogP contribution in [-0.2, 0) is 9.59 Å². The Hall–Kier alpha value is -1.89. The normalized spacial score (nSPS) is 14.0. The van der Waals surface area contributed by atoms with Gasteiger partial charge in [0.15, 0.2) is 5.11 Å². The summed E-state index contributed by atoms with van der Waals surface area (Å²) in [6, 6.07) is 0. The summed E-state index contributed by atoms with van der Waals surface area (Å²) in [6.45, 7) is 6.57. The van der Waals surface area contributed by atoms with Gasteiger partial charge in [0.05, 0.1) is 0 Å². The second kappa shape index (κ2) is 6.75. The van der Waals surface area contributed by atoms with Crippen LogP contribution in [0.4, 0.5) is 0 Å². The summed E-state index contributed by atoms with van der Waals surface area (Å²) >= 11 is 4.09. The van der Waals surface area contributed by atoms with Crippen molar-refractivity contribution in [3.05, 3.63) is 23.8 Å². The summed E-state index contributed by atoms with van der Waals surface area (Å²) in [4.78, 5) is 25.4. The van der Waals surface area contributed by atoms with Gasteiger partial charge in [0.1, 0.15) is 0 Å². The molecule has 1 heterocycles. The van der Waals surface area contributed by atoms with E-state index in [0.717, 1.165) is 11.4 Å². The molecule has 0 fully saturated rings.